The molecule has 1 unspecified atom stereocenters. The Balaban J connectivity index is 1.70. The predicted octanol–water partition coefficient (Wildman–Crippen LogP) is 4.49. The minimum Gasteiger partial charge on any atom is -0.497 e. The molecule has 1 atom stereocenters. The van der Waals surface area contributed by atoms with Crippen LogP contribution in [0.25, 0.3) is 0 Å². The highest BCUT2D eigenvalue weighted by molar-refractivity contribution is 9.10. The summed E-state index contributed by atoms with van der Waals surface area (Å²) in [6.45, 7) is 0. The molecule has 3 heteroatoms. The summed E-state index contributed by atoms with van der Waals surface area (Å²) in [6.07, 6.45) is 3.59. The Morgan fingerprint density at radius 1 is 1.19 bits per heavy atom. The van der Waals surface area contributed by atoms with Gasteiger partial charge in [-0.3, -0.25) is 0 Å². The minimum atomic E-state index is 0.131. The second-order valence-corrected chi connectivity index (χ2v) is 6.77. The zero-order valence-electron chi connectivity index (χ0n) is 11.9. The van der Waals surface area contributed by atoms with Gasteiger partial charge in [-0.2, -0.15) is 0 Å². The monoisotopic (exact) mass is 344 g/mol. The van der Waals surface area contributed by atoms with Crippen LogP contribution in [0, 0.1) is 0 Å². The van der Waals surface area contributed by atoms with Gasteiger partial charge in [-0.1, -0.05) is 34.1 Å². The van der Waals surface area contributed by atoms with E-state index in [-0.39, 0.29) is 11.5 Å². The SMILES string of the molecule is COc1ccc(Br)c(C2(C3Cc4ccccc4O3)CC2)c1. The number of hydrogen-bond donors (Lipinski definition) is 0. The van der Waals surface area contributed by atoms with Crippen LogP contribution in [0.4, 0.5) is 0 Å². The van der Waals surface area contributed by atoms with Crippen LogP contribution in [0.15, 0.2) is 46.9 Å². The van der Waals surface area contributed by atoms with Crippen molar-refractivity contribution in [1.82, 2.24) is 0 Å². The molecule has 0 bridgehead atoms. The summed E-state index contributed by atoms with van der Waals surface area (Å²) in [7, 11) is 1.72. The molecule has 2 aromatic carbocycles. The average Bonchev–Trinajstić information content (AvgIpc) is 3.20. The van der Waals surface area contributed by atoms with Crippen LogP contribution in [0.1, 0.15) is 24.0 Å². The Labute approximate surface area is 133 Å². The van der Waals surface area contributed by atoms with Crippen LogP contribution < -0.4 is 9.47 Å². The van der Waals surface area contributed by atoms with Crippen LogP contribution in [0.5, 0.6) is 11.5 Å². The van der Waals surface area contributed by atoms with Crippen LogP contribution in [-0.4, -0.2) is 13.2 Å². The first-order valence-electron chi connectivity index (χ1n) is 7.31. The molecule has 1 saturated carbocycles. The van der Waals surface area contributed by atoms with E-state index >= 15 is 0 Å². The van der Waals surface area contributed by atoms with E-state index in [1.165, 1.54) is 24.0 Å². The number of para-hydroxylation sites is 1. The number of rotatable bonds is 3. The van der Waals surface area contributed by atoms with Gasteiger partial charge in [-0.15, -0.1) is 0 Å². The first-order chi connectivity index (χ1) is 10.2. The number of halogens is 1. The average molecular weight is 345 g/mol. The molecule has 0 radical (unpaired) electrons. The third-order valence-corrected chi connectivity index (χ3v) is 5.45. The van der Waals surface area contributed by atoms with Crippen molar-refractivity contribution < 1.29 is 9.47 Å². The Hall–Kier alpha value is -1.48. The second kappa shape index (κ2) is 4.77. The number of benzene rings is 2. The normalized spacial score (nSPS) is 21.5. The first-order valence-corrected chi connectivity index (χ1v) is 8.11. The van der Waals surface area contributed by atoms with Gasteiger partial charge in [-0.05, 0) is 48.2 Å². The molecule has 0 saturated heterocycles. The Bertz CT molecular complexity index is 666. The highest BCUT2D eigenvalue weighted by Crippen LogP contribution is 2.57. The second-order valence-electron chi connectivity index (χ2n) is 5.92. The molecule has 1 fully saturated rings. The Kier molecular flexibility index (Phi) is 3.00. The molecule has 0 aromatic heterocycles. The fraction of sp³-hybridized carbons (Fsp3) is 0.333. The van der Waals surface area contributed by atoms with Crippen LogP contribution in [-0.2, 0) is 11.8 Å². The third kappa shape index (κ3) is 2.06. The van der Waals surface area contributed by atoms with Crippen LogP contribution >= 0.6 is 15.9 Å². The molecular formula is C18H17BrO2. The van der Waals surface area contributed by atoms with Crippen molar-refractivity contribution in [2.24, 2.45) is 0 Å². The molecule has 0 N–H and O–H groups in total. The number of ether oxygens (including phenoxy) is 2. The van der Waals surface area contributed by atoms with Crippen molar-refractivity contribution >= 4 is 15.9 Å². The van der Waals surface area contributed by atoms with Crippen molar-refractivity contribution in [1.29, 1.82) is 0 Å². The quantitative estimate of drug-likeness (QED) is 0.816. The molecule has 2 nitrogen and oxygen atoms in total. The van der Waals surface area contributed by atoms with E-state index in [1.54, 1.807) is 7.11 Å². The van der Waals surface area contributed by atoms with Crippen molar-refractivity contribution in [3.63, 3.8) is 0 Å². The summed E-state index contributed by atoms with van der Waals surface area (Å²) < 4.78 is 12.8. The first kappa shape index (κ1) is 13.2. The molecule has 2 aliphatic rings. The van der Waals surface area contributed by atoms with Crippen molar-refractivity contribution in [2.45, 2.75) is 30.8 Å². The Morgan fingerprint density at radius 3 is 2.71 bits per heavy atom. The molecule has 1 aliphatic heterocycles. The molecule has 4 rings (SSSR count). The lowest BCUT2D eigenvalue weighted by atomic mass is 9.87. The maximum atomic E-state index is 6.26. The zero-order valence-corrected chi connectivity index (χ0v) is 13.5. The summed E-state index contributed by atoms with van der Waals surface area (Å²) in [5.74, 6) is 1.96. The van der Waals surface area contributed by atoms with Gasteiger partial charge in [0.25, 0.3) is 0 Å². The molecule has 0 spiro atoms. The lowest BCUT2D eigenvalue weighted by Crippen LogP contribution is -2.30. The molecule has 1 heterocycles. The summed E-state index contributed by atoms with van der Waals surface area (Å²) in [5, 5.41) is 0. The highest BCUT2D eigenvalue weighted by Gasteiger charge is 2.54. The van der Waals surface area contributed by atoms with Gasteiger partial charge in [0.2, 0.25) is 0 Å². The van der Waals surface area contributed by atoms with Crippen LogP contribution in [0.2, 0.25) is 0 Å². The van der Waals surface area contributed by atoms with Gasteiger partial charge in [0.1, 0.15) is 17.6 Å². The van der Waals surface area contributed by atoms with Crippen molar-refractivity contribution in [3.05, 3.63) is 58.1 Å². The van der Waals surface area contributed by atoms with E-state index in [1.807, 2.05) is 12.1 Å². The van der Waals surface area contributed by atoms with E-state index in [4.69, 9.17) is 9.47 Å². The van der Waals surface area contributed by atoms with Gasteiger partial charge in [0.05, 0.1) is 7.11 Å². The predicted molar refractivity (Wildman–Crippen MR) is 86.2 cm³/mol. The summed E-state index contributed by atoms with van der Waals surface area (Å²) in [4.78, 5) is 0. The summed E-state index contributed by atoms with van der Waals surface area (Å²) >= 11 is 3.71. The zero-order chi connectivity index (χ0) is 14.4. The largest absolute Gasteiger partial charge is 0.497 e. The fourth-order valence-electron chi connectivity index (χ4n) is 3.40. The van der Waals surface area contributed by atoms with Crippen molar-refractivity contribution in [2.75, 3.05) is 7.11 Å². The standard InChI is InChI=1S/C18H17BrO2/c1-20-13-6-7-15(19)14(11-13)18(8-9-18)17-10-12-4-2-3-5-16(12)21-17/h2-7,11,17H,8-10H2,1H3. The number of hydrogen-bond acceptors (Lipinski definition) is 2. The lowest BCUT2D eigenvalue weighted by molar-refractivity contribution is 0.185. The third-order valence-electron chi connectivity index (χ3n) is 4.76. The topological polar surface area (TPSA) is 18.5 Å². The lowest BCUT2D eigenvalue weighted by Gasteiger charge is -2.24. The Morgan fingerprint density at radius 2 is 2.00 bits per heavy atom. The molecular weight excluding hydrogens is 328 g/mol. The summed E-state index contributed by atoms with van der Waals surface area (Å²) in [6, 6.07) is 14.6. The maximum absolute atomic E-state index is 6.26. The van der Waals surface area contributed by atoms with E-state index in [0.717, 1.165) is 22.4 Å². The van der Waals surface area contributed by atoms with Gasteiger partial charge in [0.15, 0.2) is 0 Å². The van der Waals surface area contributed by atoms with Gasteiger partial charge >= 0.3 is 0 Å². The van der Waals surface area contributed by atoms with Gasteiger partial charge < -0.3 is 9.47 Å². The summed E-state index contributed by atoms with van der Waals surface area (Å²) in [5.41, 5.74) is 2.78. The smallest absolute Gasteiger partial charge is 0.123 e. The maximum Gasteiger partial charge on any atom is 0.123 e. The molecule has 2 aromatic rings. The fourth-order valence-corrected chi connectivity index (χ4v) is 4.04. The minimum absolute atomic E-state index is 0.131. The van der Waals surface area contributed by atoms with Crippen molar-refractivity contribution in [3.8, 4) is 11.5 Å². The van der Waals surface area contributed by atoms with E-state index < -0.39 is 0 Å². The van der Waals surface area contributed by atoms with Gasteiger partial charge in [0, 0.05) is 16.3 Å². The van der Waals surface area contributed by atoms with Gasteiger partial charge in [-0.25, -0.2) is 0 Å². The molecule has 1 aliphatic carbocycles. The number of methoxy groups -OCH3 is 1. The molecule has 108 valence electrons. The van der Waals surface area contributed by atoms with E-state index in [2.05, 4.69) is 46.3 Å². The highest BCUT2D eigenvalue weighted by atomic mass is 79.9. The number of fused-ring (bicyclic) bond motifs is 1. The molecule has 0 amide bonds. The van der Waals surface area contributed by atoms with Crippen LogP contribution in [0.3, 0.4) is 0 Å². The van der Waals surface area contributed by atoms with E-state index in [9.17, 15) is 0 Å². The molecule has 21 heavy (non-hydrogen) atoms. The van der Waals surface area contributed by atoms with E-state index in [0.29, 0.717) is 0 Å².